The van der Waals surface area contributed by atoms with Gasteiger partial charge >= 0.3 is 0 Å². The van der Waals surface area contributed by atoms with Crippen LogP contribution in [-0.4, -0.2) is 78.2 Å². The Labute approximate surface area is 304 Å². The summed E-state index contributed by atoms with van der Waals surface area (Å²) in [7, 11) is 0. The van der Waals surface area contributed by atoms with Crippen LogP contribution >= 0.6 is 0 Å². The van der Waals surface area contributed by atoms with Crippen molar-refractivity contribution in [3.63, 3.8) is 0 Å². The maximum Gasteiger partial charge on any atom is 0.0789 e. The average molecular weight is 685 g/mol. The third-order valence-electron chi connectivity index (χ3n) is 8.63. The molecule has 0 radical (unpaired) electrons. The third-order valence-corrected chi connectivity index (χ3v) is 8.63. The summed E-state index contributed by atoms with van der Waals surface area (Å²) in [5.74, 6) is 0. The van der Waals surface area contributed by atoms with Gasteiger partial charge in [0.2, 0.25) is 0 Å². The van der Waals surface area contributed by atoms with Gasteiger partial charge in [0, 0.05) is 26.2 Å². The van der Waals surface area contributed by atoms with Gasteiger partial charge in [-0.05, 0) is 90.1 Å². The largest absolute Gasteiger partial charge is 0.390 e. The minimum Gasteiger partial charge on any atom is -0.390 e. The molecule has 0 aromatic carbocycles. The molecule has 0 bridgehead atoms. The summed E-state index contributed by atoms with van der Waals surface area (Å²) in [5, 5.41) is 20.7. The summed E-state index contributed by atoms with van der Waals surface area (Å²) in [6.07, 6.45) is 49.6. The molecule has 0 aliphatic carbocycles. The Morgan fingerprint density at radius 3 is 1.08 bits per heavy atom. The molecule has 6 nitrogen and oxygen atoms in total. The Hall–Kier alpha value is -1.80. The van der Waals surface area contributed by atoms with E-state index < -0.39 is 12.2 Å². The van der Waals surface area contributed by atoms with E-state index in [4.69, 9.17) is 11.5 Å². The summed E-state index contributed by atoms with van der Waals surface area (Å²) in [4.78, 5) is 4.65. The summed E-state index contributed by atoms with van der Waals surface area (Å²) in [5.41, 5.74) is 11.6. The third kappa shape index (κ3) is 35.8. The molecule has 0 fully saturated rings. The van der Waals surface area contributed by atoms with E-state index in [9.17, 15) is 10.2 Å². The molecule has 2 atom stereocenters. The number of nitrogens with two attached hydrogens (primary N) is 2. The first-order valence-corrected chi connectivity index (χ1v) is 20.2. The molecule has 0 rings (SSSR count). The minimum absolute atomic E-state index is 0.271. The van der Waals surface area contributed by atoms with Crippen molar-refractivity contribution in [2.75, 3.05) is 45.9 Å². The van der Waals surface area contributed by atoms with Crippen molar-refractivity contribution in [1.82, 2.24) is 9.80 Å². The van der Waals surface area contributed by atoms with Crippen LogP contribution in [0.4, 0.5) is 0 Å². The van der Waals surface area contributed by atoms with Crippen molar-refractivity contribution in [3.05, 3.63) is 72.9 Å². The van der Waals surface area contributed by atoms with Crippen LogP contribution in [-0.2, 0) is 0 Å². The Kier molecular flexibility index (Phi) is 37.6. The quantitative estimate of drug-likeness (QED) is 0.0298. The monoisotopic (exact) mass is 685 g/mol. The number of aliphatic hydroxyl groups is 2. The first kappa shape index (κ1) is 47.2. The number of unbranched alkanes of at least 4 members (excludes halogenated alkanes) is 12. The number of hydrogen-bond acceptors (Lipinski definition) is 6. The summed E-state index contributed by atoms with van der Waals surface area (Å²) >= 11 is 0. The van der Waals surface area contributed by atoms with Crippen molar-refractivity contribution in [1.29, 1.82) is 0 Å². The van der Waals surface area contributed by atoms with Gasteiger partial charge in [0.25, 0.3) is 0 Å². The zero-order chi connectivity index (χ0) is 35.9. The van der Waals surface area contributed by atoms with Crippen LogP contribution in [0.5, 0.6) is 0 Å². The predicted molar refractivity (Wildman–Crippen MR) is 217 cm³/mol. The van der Waals surface area contributed by atoms with Crippen molar-refractivity contribution in [2.45, 2.75) is 154 Å². The van der Waals surface area contributed by atoms with E-state index in [0.717, 1.165) is 71.1 Å². The molecule has 0 aliphatic heterocycles. The van der Waals surface area contributed by atoms with Crippen molar-refractivity contribution < 1.29 is 10.2 Å². The summed E-state index contributed by atoms with van der Waals surface area (Å²) < 4.78 is 0. The standard InChI is InChI=1S/C43H80N4O2/c1-3-5-7-9-11-13-15-17-19-21-23-25-27-29-31-33-35-46(39-42(48)37-44)41-47(40-43(49)38-45)36-34-32-30-28-26-24-22-20-18-16-14-12-10-8-6-4-2/h5-8,11-14,17-20,42-43,48-49H,3-4,9-10,15-16,21-41,44-45H2,1-2H3/b7-5-,8-6-,13-11-,14-12-,19-17+,20-18+. The van der Waals surface area contributed by atoms with Gasteiger partial charge in [-0.25, -0.2) is 0 Å². The molecule has 0 spiro atoms. The van der Waals surface area contributed by atoms with E-state index in [0.29, 0.717) is 13.1 Å². The normalized spacial score (nSPS) is 14.2. The van der Waals surface area contributed by atoms with Crippen molar-refractivity contribution in [3.8, 4) is 0 Å². The Morgan fingerprint density at radius 2 is 0.735 bits per heavy atom. The van der Waals surface area contributed by atoms with Gasteiger partial charge in [-0.2, -0.15) is 0 Å². The van der Waals surface area contributed by atoms with E-state index >= 15 is 0 Å². The Bertz CT molecular complexity index is 783. The van der Waals surface area contributed by atoms with E-state index in [1.807, 2.05) is 0 Å². The molecule has 2 unspecified atom stereocenters. The van der Waals surface area contributed by atoms with E-state index in [2.05, 4.69) is 96.6 Å². The molecule has 49 heavy (non-hydrogen) atoms. The predicted octanol–water partition coefficient (Wildman–Crippen LogP) is 9.37. The maximum absolute atomic E-state index is 10.4. The molecule has 6 heteroatoms. The number of aliphatic hydroxyl groups excluding tert-OH is 2. The van der Waals surface area contributed by atoms with Crippen LogP contribution < -0.4 is 11.5 Å². The minimum atomic E-state index is -0.526. The fraction of sp³-hybridized carbons (Fsp3) is 0.721. The topological polar surface area (TPSA) is 99.0 Å². The second-order valence-electron chi connectivity index (χ2n) is 13.5. The van der Waals surface area contributed by atoms with Crippen LogP contribution in [0.2, 0.25) is 0 Å². The Morgan fingerprint density at radius 1 is 0.429 bits per heavy atom. The smallest absolute Gasteiger partial charge is 0.0789 e. The molecule has 0 saturated heterocycles. The SMILES string of the molecule is CC/C=C\C/C=C\C/C=C/CCCCCCCCN(CC(O)CN)CN(CCCCCCCC/C=C/C/C=C\C/C=C\CC)CC(O)CN. The first-order chi connectivity index (χ1) is 24.1. The molecule has 0 amide bonds. The number of rotatable bonds is 36. The summed E-state index contributed by atoms with van der Waals surface area (Å²) in [6.45, 7) is 8.64. The Balaban J connectivity index is 4.28. The van der Waals surface area contributed by atoms with Crippen LogP contribution in [0, 0.1) is 0 Å². The van der Waals surface area contributed by atoms with Gasteiger partial charge in [-0.15, -0.1) is 0 Å². The van der Waals surface area contributed by atoms with E-state index in [-0.39, 0.29) is 13.1 Å². The lowest BCUT2D eigenvalue weighted by molar-refractivity contribution is 0.0459. The zero-order valence-electron chi connectivity index (χ0n) is 32.1. The molecular formula is C43H80N4O2. The highest BCUT2D eigenvalue weighted by atomic mass is 16.3. The molecular weight excluding hydrogens is 604 g/mol. The highest BCUT2D eigenvalue weighted by Crippen LogP contribution is 2.12. The number of nitrogens with zero attached hydrogens (tertiary/aromatic N) is 2. The van der Waals surface area contributed by atoms with E-state index in [1.165, 1.54) is 77.0 Å². The summed E-state index contributed by atoms with van der Waals surface area (Å²) in [6, 6.07) is 0. The van der Waals surface area contributed by atoms with E-state index in [1.54, 1.807) is 0 Å². The van der Waals surface area contributed by atoms with Gasteiger partial charge in [0.15, 0.2) is 0 Å². The number of allylic oxidation sites excluding steroid dienone is 12. The molecule has 0 heterocycles. The van der Waals surface area contributed by atoms with Crippen LogP contribution in [0.3, 0.4) is 0 Å². The molecule has 6 N–H and O–H groups in total. The van der Waals surface area contributed by atoms with Gasteiger partial charge < -0.3 is 21.7 Å². The average Bonchev–Trinajstić information content (AvgIpc) is 3.10. The van der Waals surface area contributed by atoms with Crippen molar-refractivity contribution >= 4 is 0 Å². The molecule has 0 saturated carbocycles. The van der Waals surface area contributed by atoms with Gasteiger partial charge in [-0.3, -0.25) is 9.80 Å². The zero-order valence-corrected chi connectivity index (χ0v) is 32.1. The van der Waals surface area contributed by atoms with Crippen LogP contribution in [0.15, 0.2) is 72.9 Å². The van der Waals surface area contributed by atoms with Gasteiger partial charge in [0.1, 0.15) is 0 Å². The second-order valence-corrected chi connectivity index (χ2v) is 13.5. The lowest BCUT2D eigenvalue weighted by Crippen LogP contribution is -2.47. The molecule has 0 aromatic rings. The van der Waals surface area contributed by atoms with Crippen molar-refractivity contribution in [2.24, 2.45) is 11.5 Å². The maximum atomic E-state index is 10.4. The van der Waals surface area contributed by atoms with Crippen LogP contribution in [0.25, 0.3) is 0 Å². The fourth-order valence-electron chi connectivity index (χ4n) is 5.73. The fourth-order valence-corrected chi connectivity index (χ4v) is 5.73. The molecule has 0 aromatic heterocycles. The van der Waals surface area contributed by atoms with Crippen LogP contribution in [0.1, 0.15) is 142 Å². The lowest BCUT2D eigenvalue weighted by Gasteiger charge is -2.33. The van der Waals surface area contributed by atoms with Gasteiger partial charge in [-0.1, -0.05) is 138 Å². The highest BCUT2D eigenvalue weighted by Gasteiger charge is 2.17. The molecule has 0 aliphatic rings. The molecule has 284 valence electrons. The lowest BCUT2D eigenvalue weighted by atomic mass is 10.1. The highest BCUT2D eigenvalue weighted by molar-refractivity contribution is 4.98. The second kappa shape index (κ2) is 39.0. The van der Waals surface area contributed by atoms with Gasteiger partial charge in [0.05, 0.1) is 18.9 Å². The first-order valence-electron chi connectivity index (χ1n) is 20.2. The number of hydrogen-bond donors (Lipinski definition) is 4.